The first-order chi connectivity index (χ1) is 20.1. The Morgan fingerprint density at radius 3 is 2.38 bits per heavy atom. The summed E-state index contributed by atoms with van der Waals surface area (Å²) in [6.07, 6.45) is 0.181. The number of amides is 3. The minimum atomic E-state index is -1.12. The normalized spacial score (nSPS) is 14.7. The van der Waals surface area contributed by atoms with Crippen LogP contribution in [0.3, 0.4) is 0 Å². The molecule has 0 radical (unpaired) electrons. The second kappa shape index (κ2) is 13.8. The fourth-order valence-corrected chi connectivity index (χ4v) is 4.91. The fraction of sp³-hybridized carbons (Fsp3) is 0.258. The third-order valence-corrected chi connectivity index (χ3v) is 7.51. The van der Waals surface area contributed by atoms with Gasteiger partial charge in [-0.05, 0) is 41.8 Å². The molecule has 1 aliphatic heterocycles. The van der Waals surface area contributed by atoms with E-state index in [9.17, 15) is 19.2 Å². The summed E-state index contributed by atoms with van der Waals surface area (Å²) in [5, 5.41) is 16.2. The lowest BCUT2D eigenvalue weighted by Gasteiger charge is -2.36. The molecule has 0 aromatic heterocycles. The molecule has 0 fully saturated rings. The lowest BCUT2D eigenvalue weighted by molar-refractivity contribution is -0.142. The Kier molecular flexibility index (Phi) is 9.93. The van der Waals surface area contributed by atoms with Gasteiger partial charge in [0.2, 0.25) is 17.7 Å². The number of nitrogens with zero attached hydrogens (tertiary/aromatic N) is 1. The molecule has 3 aromatic carbocycles. The summed E-state index contributed by atoms with van der Waals surface area (Å²) in [6.45, 7) is 1.84. The van der Waals surface area contributed by atoms with Gasteiger partial charge in [0.25, 0.3) is 0 Å². The van der Waals surface area contributed by atoms with E-state index in [-0.39, 0.29) is 50.0 Å². The average molecular weight is 589 g/mol. The molecule has 4 rings (SSSR count). The van der Waals surface area contributed by atoms with Gasteiger partial charge in [-0.2, -0.15) is 0 Å². The number of rotatable bonds is 10. The van der Waals surface area contributed by atoms with E-state index >= 15 is 0 Å². The van der Waals surface area contributed by atoms with Crippen molar-refractivity contribution in [2.45, 2.75) is 44.8 Å². The third kappa shape index (κ3) is 7.73. The van der Waals surface area contributed by atoms with E-state index in [0.29, 0.717) is 16.3 Å². The van der Waals surface area contributed by atoms with Gasteiger partial charge in [-0.25, -0.2) is 0 Å². The van der Waals surface area contributed by atoms with E-state index in [2.05, 4.69) is 16.0 Å². The van der Waals surface area contributed by atoms with Crippen molar-refractivity contribution in [3.8, 4) is 0 Å². The van der Waals surface area contributed by atoms with Crippen LogP contribution in [-0.2, 0) is 27.3 Å². The molecule has 0 aliphatic carbocycles. The fourth-order valence-electron chi connectivity index (χ4n) is 4.79. The van der Waals surface area contributed by atoms with E-state index in [1.807, 2.05) is 30.3 Å². The summed E-state index contributed by atoms with van der Waals surface area (Å²) in [5.41, 5.74) is 9.04. The zero-order chi connectivity index (χ0) is 30.2. The van der Waals surface area contributed by atoms with Crippen molar-refractivity contribution in [3.63, 3.8) is 0 Å². The number of benzene rings is 3. The molecule has 3 aromatic rings. The molecule has 0 spiro atoms. The third-order valence-electron chi connectivity index (χ3n) is 7.09. The number of anilines is 1. The van der Waals surface area contributed by atoms with Gasteiger partial charge in [-0.15, -0.1) is 0 Å². The molecule has 1 aliphatic rings. The minimum absolute atomic E-state index is 0.00338. The number of carbonyl (C=O) groups excluding carboxylic acids is 4. The summed E-state index contributed by atoms with van der Waals surface area (Å²) < 4.78 is 0. The summed E-state index contributed by atoms with van der Waals surface area (Å²) in [6, 6.07) is 19.2. The Morgan fingerprint density at radius 2 is 1.69 bits per heavy atom. The molecule has 1 heterocycles. The van der Waals surface area contributed by atoms with E-state index in [1.165, 1.54) is 4.90 Å². The number of carbonyl (C=O) groups is 4. The first-order valence-corrected chi connectivity index (χ1v) is 13.9. The Morgan fingerprint density at radius 1 is 1.00 bits per heavy atom. The summed E-state index contributed by atoms with van der Waals surface area (Å²) in [4.78, 5) is 54.5. The van der Waals surface area contributed by atoms with E-state index < -0.39 is 23.9 Å². The van der Waals surface area contributed by atoms with Crippen molar-refractivity contribution < 1.29 is 19.2 Å². The number of ketones is 1. The van der Waals surface area contributed by atoms with Crippen molar-refractivity contribution in [3.05, 3.63) is 100 Å². The maximum atomic E-state index is 13.7. The Bertz CT molecular complexity index is 1500. The summed E-state index contributed by atoms with van der Waals surface area (Å²) in [5.74, 6) is -1.94. The van der Waals surface area contributed by atoms with Crippen LogP contribution < -0.4 is 21.7 Å². The Hall–Kier alpha value is -4.70. The van der Waals surface area contributed by atoms with Gasteiger partial charge in [-0.1, -0.05) is 66.2 Å². The highest BCUT2D eigenvalue weighted by Gasteiger charge is 2.36. The number of guanidine groups is 1. The monoisotopic (exact) mass is 588 g/mol. The molecule has 3 amide bonds. The maximum Gasteiger partial charge on any atom is 0.248 e. The lowest BCUT2D eigenvalue weighted by atomic mass is 9.92. The highest BCUT2D eigenvalue weighted by molar-refractivity contribution is 6.31. The molecule has 0 bridgehead atoms. The van der Waals surface area contributed by atoms with Crippen molar-refractivity contribution in [2.75, 3.05) is 11.9 Å². The van der Waals surface area contributed by atoms with Crippen LogP contribution in [0.5, 0.6) is 0 Å². The summed E-state index contributed by atoms with van der Waals surface area (Å²) in [7, 11) is 0. The molecule has 0 saturated heterocycles. The summed E-state index contributed by atoms with van der Waals surface area (Å²) >= 11 is 6.10. The molecule has 11 heteroatoms. The zero-order valence-corrected chi connectivity index (χ0v) is 23.9. The van der Waals surface area contributed by atoms with Gasteiger partial charge >= 0.3 is 0 Å². The first kappa shape index (κ1) is 30.3. The smallest absolute Gasteiger partial charge is 0.248 e. The number of hydrogen-bond acceptors (Lipinski definition) is 5. The van der Waals surface area contributed by atoms with Crippen LogP contribution >= 0.6 is 11.6 Å². The largest absolute Gasteiger partial charge is 0.370 e. The SMILES string of the molecule is Cc1cc(NC(=O)C(CNC(=N)N)NC(=O)[C@@H]2Cc3ccccc3CN2C(=O)CCC(=O)c2ccccc2)ccc1Cl. The van der Waals surface area contributed by atoms with Crippen LogP contribution in [0, 0.1) is 12.3 Å². The molecule has 0 saturated carbocycles. The van der Waals surface area contributed by atoms with E-state index in [0.717, 1.165) is 16.7 Å². The van der Waals surface area contributed by atoms with Crippen molar-refractivity contribution in [1.82, 2.24) is 15.5 Å². The van der Waals surface area contributed by atoms with Crippen LogP contribution in [0.2, 0.25) is 5.02 Å². The Balaban J connectivity index is 1.51. The molecule has 42 heavy (non-hydrogen) atoms. The van der Waals surface area contributed by atoms with Gasteiger partial charge < -0.3 is 26.6 Å². The van der Waals surface area contributed by atoms with Crippen molar-refractivity contribution >= 4 is 46.8 Å². The van der Waals surface area contributed by atoms with Crippen molar-refractivity contribution in [2.24, 2.45) is 5.73 Å². The van der Waals surface area contributed by atoms with Crippen LogP contribution in [0.4, 0.5) is 5.69 Å². The van der Waals surface area contributed by atoms with Gasteiger partial charge in [-0.3, -0.25) is 24.6 Å². The first-order valence-electron chi connectivity index (χ1n) is 13.5. The number of fused-ring (bicyclic) bond motifs is 1. The predicted molar refractivity (Wildman–Crippen MR) is 161 cm³/mol. The zero-order valence-electron chi connectivity index (χ0n) is 23.2. The lowest BCUT2D eigenvalue weighted by Crippen LogP contribution is -2.58. The molecule has 10 nitrogen and oxygen atoms in total. The van der Waals surface area contributed by atoms with Crippen LogP contribution in [0.1, 0.15) is 39.9 Å². The van der Waals surface area contributed by atoms with Gasteiger partial charge in [0.15, 0.2) is 11.7 Å². The van der Waals surface area contributed by atoms with Crippen LogP contribution in [-0.4, -0.2) is 53.0 Å². The number of Topliss-reactive ketones (excluding diaryl/α,β-unsaturated/α-hetero) is 1. The molecule has 1 unspecified atom stereocenters. The van der Waals surface area contributed by atoms with Crippen LogP contribution in [0.25, 0.3) is 0 Å². The quantitative estimate of drug-likeness (QED) is 0.139. The minimum Gasteiger partial charge on any atom is -0.370 e. The molecule has 218 valence electrons. The van der Waals surface area contributed by atoms with E-state index in [1.54, 1.807) is 49.4 Å². The number of halogens is 1. The topological polar surface area (TPSA) is 157 Å². The predicted octanol–water partition coefficient (Wildman–Crippen LogP) is 3.17. The second-order valence-corrected chi connectivity index (χ2v) is 10.5. The van der Waals surface area contributed by atoms with Crippen LogP contribution in [0.15, 0.2) is 72.8 Å². The number of aryl methyl sites for hydroxylation is 1. The average Bonchev–Trinajstić information content (AvgIpc) is 2.99. The molecule has 2 atom stereocenters. The van der Waals surface area contributed by atoms with Gasteiger partial charge in [0, 0.05) is 48.6 Å². The van der Waals surface area contributed by atoms with Gasteiger partial charge in [0.05, 0.1) is 0 Å². The second-order valence-electron chi connectivity index (χ2n) is 10.1. The maximum absolute atomic E-state index is 13.7. The highest BCUT2D eigenvalue weighted by atomic mass is 35.5. The van der Waals surface area contributed by atoms with Crippen molar-refractivity contribution in [1.29, 1.82) is 5.41 Å². The number of nitrogens with one attached hydrogen (secondary N) is 4. The molecule has 6 N–H and O–H groups in total. The molecular weight excluding hydrogens is 556 g/mol. The number of nitrogens with two attached hydrogens (primary N) is 1. The number of hydrogen-bond donors (Lipinski definition) is 5. The standard InChI is InChI=1S/C31H33ClN6O4/c1-19-15-23(11-12-24(19)32)36-29(41)25(17-35-31(33)34)37-30(42)26-16-21-9-5-6-10-22(21)18-38(26)28(40)14-13-27(39)20-7-3-2-4-8-20/h2-12,15,25-26H,13-14,16-18H2,1H3,(H,36,41)(H,37,42)(H4,33,34,35)/t25?,26-/m0/s1. The van der Waals surface area contributed by atoms with E-state index in [4.69, 9.17) is 22.7 Å². The molecular formula is C31H33ClN6O4. The van der Waals surface area contributed by atoms with Gasteiger partial charge in [0.1, 0.15) is 12.1 Å². The highest BCUT2D eigenvalue weighted by Crippen LogP contribution is 2.25. The Labute approximate surface area is 249 Å².